The van der Waals surface area contributed by atoms with Gasteiger partial charge in [-0.3, -0.25) is 19.8 Å². The molecule has 0 radical (unpaired) electrons. The van der Waals surface area contributed by atoms with Gasteiger partial charge in [-0.2, -0.15) is 0 Å². The highest BCUT2D eigenvalue weighted by molar-refractivity contribution is 6.32. The molecule has 0 saturated carbocycles. The van der Waals surface area contributed by atoms with Crippen molar-refractivity contribution in [2.24, 2.45) is 5.73 Å². The van der Waals surface area contributed by atoms with Crippen LogP contribution in [0, 0.1) is 10.1 Å². The molecule has 0 saturated heterocycles. The van der Waals surface area contributed by atoms with Crippen LogP contribution in [0.5, 0.6) is 0 Å². The monoisotopic (exact) mass is 271 g/mol. The molecular formula is C11H14ClN3O3. The number of rotatable bonds is 6. The first-order chi connectivity index (χ1) is 8.43. The summed E-state index contributed by atoms with van der Waals surface area (Å²) in [5.41, 5.74) is 5.70. The molecule has 0 bridgehead atoms. The van der Waals surface area contributed by atoms with Gasteiger partial charge in [0.05, 0.1) is 11.5 Å². The molecule has 18 heavy (non-hydrogen) atoms. The third-order valence-electron chi connectivity index (χ3n) is 2.44. The average molecular weight is 272 g/mol. The number of carbonyl (C=O) groups is 1. The fourth-order valence-electron chi connectivity index (χ4n) is 1.55. The molecule has 0 unspecified atom stereocenters. The number of primary amides is 1. The van der Waals surface area contributed by atoms with Gasteiger partial charge in [0.1, 0.15) is 5.02 Å². The molecule has 0 heterocycles. The van der Waals surface area contributed by atoms with E-state index in [0.29, 0.717) is 18.7 Å². The Balaban J connectivity index is 2.87. The van der Waals surface area contributed by atoms with Crippen LogP contribution in [0.3, 0.4) is 0 Å². The van der Waals surface area contributed by atoms with E-state index < -0.39 is 10.8 Å². The molecular weight excluding hydrogens is 258 g/mol. The second kappa shape index (κ2) is 6.32. The largest absolute Gasteiger partial charge is 0.369 e. The fraction of sp³-hybridized carbons (Fsp3) is 0.364. The highest BCUT2D eigenvalue weighted by Gasteiger charge is 2.14. The Morgan fingerprint density at radius 2 is 2.22 bits per heavy atom. The summed E-state index contributed by atoms with van der Waals surface area (Å²) in [5, 5.41) is 10.8. The molecule has 1 rings (SSSR count). The van der Waals surface area contributed by atoms with Crippen LogP contribution in [-0.2, 0) is 11.3 Å². The topological polar surface area (TPSA) is 89.5 Å². The van der Waals surface area contributed by atoms with Crippen molar-refractivity contribution >= 4 is 23.2 Å². The number of likely N-dealkylation sites (N-methyl/N-ethyl adjacent to an activating group) is 1. The predicted octanol–water partition coefficient (Wildman–Crippen LogP) is 1.56. The lowest BCUT2D eigenvalue weighted by molar-refractivity contribution is -0.384. The van der Waals surface area contributed by atoms with Gasteiger partial charge < -0.3 is 5.73 Å². The van der Waals surface area contributed by atoms with Crippen LogP contribution < -0.4 is 5.73 Å². The van der Waals surface area contributed by atoms with Crippen molar-refractivity contribution in [3.8, 4) is 0 Å². The average Bonchev–Trinajstić information content (AvgIpc) is 2.29. The Morgan fingerprint density at radius 3 is 2.72 bits per heavy atom. The maximum Gasteiger partial charge on any atom is 0.288 e. The van der Waals surface area contributed by atoms with Crippen molar-refractivity contribution in [3.05, 3.63) is 38.9 Å². The van der Waals surface area contributed by atoms with Crippen molar-refractivity contribution in [2.75, 3.05) is 13.1 Å². The summed E-state index contributed by atoms with van der Waals surface area (Å²) in [6.07, 6.45) is 0. The third kappa shape index (κ3) is 3.97. The molecule has 98 valence electrons. The molecule has 6 nitrogen and oxygen atoms in total. The molecule has 0 aliphatic heterocycles. The number of nitro benzene ring substituents is 1. The number of amides is 1. The van der Waals surface area contributed by atoms with Gasteiger partial charge in [-0.25, -0.2) is 0 Å². The lowest BCUT2D eigenvalue weighted by atomic mass is 10.2. The molecule has 0 atom stereocenters. The molecule has 0 spiro atoms. The Labute approximate surface area is 109 Å². The zero-order chi connectivity index (χ0) is 13.7. The second-order valence-electron chi connectivity index (χ2n) is 3.81. The molecule has 0 aliphatic carbocycles. The van der Waals surface area contributed by atoms with E-state index in [1.165, 1.54) is 12.1 Å². The van der Waals surface area contributed by atoms with E-state index in [4.69, 9.17) is 17.3 Å². The first-order valence-corrected chi connectivity index (χ1v) is 5.75. The van der Waals surface area contributed by atoms with Crippen LogP contribution in [0.2, 0.25) is 5.02 Å². The molecule has 1 aromatic rings. The van der Waals surface area contributed by atoms with Crippen LogP contribution >= 0.6 is 11.6 Å². The van der Waals surface area contributed by atoms with Crippen molar-refractivity contribution in [1.29, 1.82) is 0 Å². The molecule has 1 amide bonds. The summed E-state index contributed by atoms with van der Waals surface area (Å²) >= 11 is 5.72. The van der Waals surface area contributed by atoms with E-state index in [1.807, 2.05) is 6.92 Å². The quantitative estimate of drug-likeness (QED) is 0.628. The zero-order valence-corrected chi connectivity index (χ0v) is 10.7. The van der Waals surface area contributed by atoms with Crippen LogP contribution in [0.15, 0.2) is 18.2 Å². The molecule has 2 N–H and O–H groups in total. The van der Waals surface area contributed by atoms with Gasteiger partial charge in [0.2, 0.25) is 5.91 Å². The Morgan fingerprint density at radius 1 is 1.56 bits per heavy atom. The van der Waals surface area contributed by atoms with E-state index in [0.717, 1.165) is 0 Å². The van der Waals surface area contributed by atoms with Gasteiger partial charge in [0.25, 0.3) is 5.69 Å². The van der Waals surface area contributed by atoms with Crippen LogP contribution in [-0.4, -0.2) is 28.8 Å². The van der Waals surface area contributed by atoms with Gasteiger partial charge >= 0.3 is 0 Å². The van der Waals surface area contributed by atoms with E-state index in [9.17, 15) is 14.9 Å². The third-order valence-corrected chi connectivity index (χ3v) is 2.76. The van der Waals surface area contributed by atoms with Crippen molar-refractivity contribution < 1.29 is 9.72 Å². The smallest absolute Gasteiger partial charge is 0.288 e. The second-order valence-corrected chi connectivity index (χ2v) is 4.22. The first kappa shape index (κ1) is 14.4. The summed E-state index contributed by atoms with van der Waals surface area (Å²) < 4.78 is 0. The van der Waals surface area contributed by atoms with E-state index >= 15 is 0 Å². The van der Waals surface area contributed by atoms with Gasteiger partial charge in [-0.05, 0) is 18.2 Å². The minimum Gasteiger partial charge on any atom is -0.369 e. The van der Waals surface area contributed by atoms with Gasteiger partial charge in [-0.15, -0.1) is 0 Å². The fourth-order valence-corrected chi connectivity index (χ4v) is 1.74. The highest BCUT2D eigenvalue weighted by Crippen LogP contribution is 2.25. The first-order valence-electron chi connectivity index (χ1n) is 5.37. The van der Waals surface area contributed by atoms with Crippen LogP contribution in [0.4, 0.5) is 5.69 Å². The SMILES string of the molecule is CCN(CC(N)=O)Cc1ccc(Cl)c([N+](=O)[O-])c1. The predicted molar refractivity (Wildman–Crippen MR) is 68.3 cm³/mol. The van der Waals surface area contributed by atoms with Crippen LogP contribution in [0.25, 0.3) is 0 Å². The zero-order valence-electron chi connectivity index (χ0n) is 9.93. The lowest BCUT2D eigenvalue weighted by Crippen LogP contribution is -2.33. The summed E-state index contributed by atoms with van der Waals surface area (Å²) in [5.74, 6) is -0.430. The summed E-state index contributed by atoms with van der Waals surface area (Å²) in [4.78, 5) is 22.8. The molecule has 0 aromatic heterocycles. The number of benzene rings is 1. The van der Waals surface area contributed by atoms with Gasteiger partial charge in [0, 0.05) is 12.6 Å². The Hall–Kier alpha value is -1.66. The van der Waals surface area contributed by atoms with Crippen molar-refractivity contribution in [2.45, 2.75) is 13.5 Å². The maximum atomic E-state index is 10.8. The van der Waals surface area contributed by atoms with Crippen molar-refractivity contribution in [1.82, 2.24) is 4.90 Å². The lowest BCUT2D eigenvalue weighted by Gasteiger charge is -2.18. The van der Waals surface area contributed by atoms with Crippen molar-refractivity contribution in [3.63, 3.8) is 0 Å². The van der Waals surface area contributed by atoms with E-state index in [-0.39, 0.29) is 17.3 Å². The number of nitrogens with two attached hydrogens (primary N) is 1. The van der Waals surface area contributed by atoms with Gasteiger partial charge in [-0.1, -0.05) is 24.6 Å². The minimum absolute atomic E-state index is 0.0988. The number of hydrogen-bond acceptors (Lipinski definition) is 4. The van der Waals surface area contributed by atoms with E-state index in [1.54, 1.807) is 11.0 Å². The molecule has 1 aromatic carbocycles. The number of carbonyl (C=O) groups excluding carboxylic acids is 1. The number of nitro groups is 1. The normalized spacial score (nSPS) is 10.6. The highest BCUT2D eigenvalue weighted by atomic mass is 35.5. The molecule has 0 aliphatic rings. The van der Waals surface area contributed by atoms with Crippen LogP contribution in [0.1, 0.15) is 12.5 Å². The number of hydrogen-bond donors (Lipinski definition) is 1. The Bertz CT molecular complexity index is 465. The summed E-state index contributed by atoms with van der Waals surface area (Å²) in [6.45, 7) is 3.04. The summed E-state index contributed by atoms with van der Waals surface area (Å²) in [6, 6.07) is 4.58. The van der Waals surface area contributed by atoms with E-state index in [2.05, 4.69) is 0 Å². The summed E-state index contributed by atoms with van der Waals surface area (Å²) in [7, 11) is 0. The minimum atomic E-state index is -0.532. The number of nitrogens with zero attached hydrogens (tertiary/aromatic N) is 2. The number of halogens is 1. The standard InChI is InChI=1S/C11H14ClN3O3/c1-2-14(7-11(13)16)6-8-3-4-9(12)10(5-8)15(17)18/h3-5H,2,6-7H2,1H3,(H2,13,16). The molecule has 0 fully saturated rings. The maximum absolute atomic E-state index is 10.8. The molecule has 7 heteroatoms. The van der Waals surface area contributed by atoms with Gasteiger partial charge in [0.15, 0.2) is 0 Å². The Kier molecular flexibility index (Phi) is 5.06.